The lowest BCUT2D eigenvalue weighted by molar-refractivity contribution is -0.274. The Hall–Kier alpha value is -0.450. The summed E-state index contributed by atoms with van der Waals surface area (Å²) in [6, 6.07) is 0. The molecule has 1 nitrogen and oxygen atoms in total. The molecule has 0 aliphatic heterocycles. The minimum Gasteiger partial charge on any atom is -0.435 e. The van der Waals surface area contributed by atoms with Gasteiger partial charge < -0.3 is 4.74 Å². The van der Waals surface area contributed by atoms with Crippen molar-refractivity contribution in [2.24, 2.45) is 0 Å². The highest BCUT2D eigenvalue weighted by atomic mass is 35.5. The normalized spacial score (nSPS) is 13.0. The van der Waals surface area contributed by atoms with Crippen LogP contribution in [0.15, 0.2) is 11.8 Å². The van der Waals surface area contributed by atoms with Crippen LogP contribution in [0.2, 0.25) is 0 Å². The molecule has 6 heteroatoms. The number of rotatable bonds is 3. The molecule has 0 amide bonds. The summed E-state index contributed by atoms with van der Waals surface area (Å²) in [5, 5.41) is 0. The molecule has 0 aromatic carbocycles. The van der Waals surface area contributed by atoms with Gasteiger partial charge >= 0.3 is 12.5 Å². The first kappa shape index (κ1) is 9.55. The van der Waals surface area contributed by atoms with Gasteiger partial charge in [0.05, 0.1) is 0 Å². The maximum atomic E-state index is 11.7. The first-order chi connectivity index (χ1) is 4.50. The minimum absolute atomic E-state index is 0.285. The fourth-order valence-corrected chi connectivity index (χ4v) is 0.219. The first-order valence-electron chi connectivity index (χ1n) is 2.09. The SMILES string of the molecule is FC(F)C(F)(F)O/C=C/Cl. The van der Waals surface area contributed by atoms with E-state index in [0.717, 1.165) is 0 Å². The van der Waals surface area contributed by atoms with Gasteiger partial charge in [-0.05, 0) is 0 Å². The molecule has 0 aliphatic rings. The summed E-state index contributed by atoms with van der Waals surface area (Å²) in [5.41, 5.74) is 0.566. The van der Waals surface area contributed by atoms with Crippen LogP contribution in [-0.2, 0) is 4.74 Å². The lowest BCUT2D eigenvalue weighted by Crippen LogP contribution is -2.27. The van der Waals surface area contributed by atoms with Crippen molar-refractivity contribution in [2.45, 2.75) is 12.5 Å². The van der Waals surface area contributed by atoms with E-state index >= 15 is 0 Å². The van der Waals surface area contributed by atoms with E-state index in [1.165, 1.54) is 0 Å². The lowest BCUT2D eigenvalue weighted by atomic mass is 10.7. The number of hydrogen-bond acceptors (Lipinski definition) is 1. The van der Waals surface area contributed by atoms with Crippen molar-refractivity contribution in [3.8, 4) is 0 Å². The van der Waals surface area contributed by atoms with Crippen LogP contribution in [0.4, 0.5) is 17.6 Å². The maximum Gasteiger partial charge on any atom is 0.460 e. The largest absolute Gasteiger partial charge is 0.460 e. The molecule has 0 radical (unpaired) electrons. The molecular formula is C4H3ClF4O. The van der Waals surface area contributed by atoms with Crippen molar-refractivity contribution < 1.29 is 22.3 Å². The lowest BCUT2D eigenvalue weighted by Gasteiger charge is -2.12. The van der Waals surface area contributed by atoms with Crippen molar-refractivity contribution in [3.05, 3.63) is 11.8 Å². The standard InChI is InChI=1S/C4H3ClF4O/c5-1-2-10-4(8,9)3(6)7/h1-3H/b2-1+. The number of hydrogen-bond donors (Lipinski definition) is 0. The zero-order valence-electron chi connectivity index (χ0n) is 4.53. The summed E-state index contributed by atoms with van der Waals surface area (Å²) in [6.45, 7) is 0. The summed E-state index contributed by atoms with van der Waals surface area (Å²) >= 11 is 4.73. The first-order valence-corrected chi connectivity index (χ1v) is 2.53. The molecule has 0 aromatic heterocycles. The van der Waals surface area contributed by atoms with Crippen LogP contribution >= 0.6 is 11.6 Å². The third-order valence-electron chi connectivity index (χ3n) is 0.531. The van der Waals surface area contributed by atoms with Gasteiger partial charge in [-0.25, -0.2) is 0 Å². The van der Waals surface area contributed by atoms with E-state index in [2.05, 4.69) is 4.74 Å². The third kappa shape index (κ3) is 2.91. The molecule has 0 unspecified atom stereocenters. The van der Waals surface area contributed by atoms with Crippen molar-refractivity contribution in [2.75, 3.05) is 0 Å². The third-order valence-corrected chi connectivity index (χ3v) is 0.634. The Bertz CT molecular complexity index is 124. The van der Waals surface area contributed by atoms with Crippen LogP contribution in [-0.4, -0.2) is 12.5 Å². The molecule has 0 heterocycles. The molecule has 60 valence electrons. The summed E-state index contributed by atoms with van der Waals surface area (Å²) in [5.74, 6) is 0. The molecule has 0 saturated carbocycles. The van der Waals surface area contributed by atoms with Crippen LogP contribution < -0.4 is 0 Å². The summed E-state index contributed by atoms with van der Waals surface area (Å²) < 4.78 is 48.9. The average Bonchev–Trinajstić information content (AvgIpc) is 1.84. The predicted octanol–water partition coefficient (Wildman–Crippen LogP) is 2.57. The van der Waals surface area contributed by atoms with Gasteiger partial charge in [-0.15, -0.1) is 0 Å². The van der Waals surface area contributed by atoms with Gasteiger partial charge in [-0.3, -0.25) is 0 Å². The van der Waals surface area contributed by atoms with Gasteiger partial charge in [0.15, 0.2) is 0 Å². The molecule has 0 fully saturated rings. The van der Waals surface area contributed by atoms with Gasteiger partial charge in [-0.2, -0.15) is 17.6 Å². The van der Waals surface area contributed by atoms with E-state index in [1.54, 1.807) is 0 Å². The van der Waals surface area contributed by atoms with Gasteiger partial charge in [0.2, 0.25) is 0 Å². The summed E-state index contributed by atoms with van der Waals surface area (Å²) in [4.78, 5) is 0. The molecule has 0 N–H and O–H groups in total. The van der Waals surface area contributed by atoms with E-state index in [1.807, 2.05) is 0 Å². The van der Waals surface area contributed by atoms with Gasteiger partial charge in [0, 0.05) is 5.54 Å². The quantitative estimate of drug-likeness (QED) is 0.477. The second-order valence-corrected chi connectivity index (χ2v) is 1.49. The Labute approximate surface area is 59.2 Å². The fourth-order valence-electron chi connectivity index (χ4n) is 0.168. The number of ether oxygens (including phenoxy) is 1. The fraction of sp³-hybridized carbons (Fsp3) is 0.500. The van der Waals surface area contributed by atoms with E-state index in [4.69, 9.17) is 11.6 Å². The summed E-state index contributed by atoms with van der Waals surface area (Å²) in [6.07, 6.45) is -8.01. The van der Waals surface area contributed by atoms with Crippen molar-refractivity contribution in [1.29, 1.82) is 0 Å². The molecule has 0 bridgehead atoms. The molecule has 0 spiro atoms. The van der Waals surface area contributed by atoms with Gasteiger partial charge in [0.1, 0.15) is 6.26 Å². The van der Waals surface area contributed by atoms with Gasteiger partial charge in [0.25, 0.3) is 0 Å². The van der Waals surface area contributed by atoms with Crippen LogP contribution in [0.3, 0.4) is 0 Å². The molecular weight excluding hydrogens is 175 g/mol. The molecule has 10 heavy (non-hydrogen) atoms. The minimum atomic E-state index is -4.45. The number of halogens is 5. The van der Waals surface area contributed by atoms with Crippen molar-refractivity contribution in [1.82, 2.24) is 0 Å². The Morgan fingerprint density at radius 2 is 1.90 bits per heavy atom. The Morgan fingerprint density at radius 3 is 2.20 bits per heavy atom. The Kier molecular flexibility index (Phi) is 3.49. The average molecular weight is 179 g/mol. The van der Waals surface area contributed by atoms with Gasteiger partial charge in [-0.1, -0.05) is 11.6 Å². The molecule has 0 aromatic rings. The van der Waals surface area contributed by atoms with Crippen LogP contribution in [0, 0.1) is 0 Å². The second-order valence-electron chi connectivity index (χ2n) is 1.24. The number of alkyl halides is 4. The molecule has 0 rings (SSSR count). The van der Waals surface area contributed by atoms with E-state index in [0.29, 0.717) is 5.54 Å². The maximum absolute atomic E-state index is 11.7. The molecule has 0 atom stereocenters. The Balaban J connectivity index is 3.86. The summed E-state index contributed by atoms with van der Waals surface area (Å²) in [7, 11) is 0. The van der Waals surface area contributed by atoms with Crippen molar-refractivity contribution in [3.63, 3.8) is 0 Å². The van der Waals surface area contributed by atoms with E-state index in [-0.39, 0.29) is 6.26 Å². The predicted molar refractivity (Wildman–Crippen MR) is 27.0 cm³/mol. The zero-order valence-corrected chi connectivity index (χ0v) is 5.29. The highest BCUT2D eigenvalue weighted by Gasteiger charge is 2.42. The van der Waals surface area contributed by atoms with Crippen LogP contribution in [0.5, 0.6) is 0 Å². The van der Waals surface area contributed by atoms with Crippen LogP contribution in [0.1, 0.15) is 0 Å². The highest BCUT2D eigenvalue weighted by Crippen LogP contribution is 2.24. The topological polar surface area (TPSA) is 9.23 Å². The zero-order chi connectivity index (χ0) is 8.20. The molecule has 0 aliphatic carbocycles. The van der Waals surface area contributed by atoms with Crippen molar-refractivity contribution >= 4 is 11.6 Å². The highest BCUT2D eigenvalue weighted by molar-refractivity contribution is 6.25. The van der Waals surface area contributed by atoms with E-state index < -0.39 is 12.5 Å². The monoisotopic (exact) mass is 178 g/mol. The second kappa shape index (κ2) is 3.65. The molecule has 0 saturated heterocycles. The smallest absolute Gasteiger partial charge is 0.435 e. The van der Waals surface area contributed by atoms with E-state index in [9.17, 15) is 17.6 Å². The Morgan fingerprint density at radius 1 is 1.40 bits per heavy atom. The van der Waals surface area contributed by atoms with Crippen LogP contribution in [0.25, 0.3) is 0 Å².